The molecule has 0 saturated carbocycles. The van der Waals surface area contributed by atoms with Crippen LogP contribution in [0.3, 0.4) is 0 Å². The number of nitrogens with zero attached hydrogens (tertiary/aromatic N) is 1. The number of anilines is 1. The van der Waals surface area contributed by atoms with Gasteiger partial charge in [0.05, 0.1) is 7.11 Å². The topological polar surface area (TPSA) is 50.8 Å². The van der Waals surface area contributed by atoms with Gasteiger partial charge in [-0.15, -0.1) is 11.8 Å². The van der Waals surface area contributed by atoms with Crippen LogP contribution in [0.2, 0.25) is 0 Å². The van der Waals surface area contributed by atoms with Crippen LogP contribution in [-0.2, 0) is 10.5 Å². The molecule has 0 unspecified atom stereocenters. The zero-order chi connectivity index (χ0) is 21.6. The predicted octanol–water partition coefficient (Wildman–Crippen LogP) is 5.80. The van der Waals surface area contributed by atoms with Gasteiger partial charge in [-0.25, -0.2) is 4.79 Å². The van der Waals surface area contributed by atoms with Crippen molar-refractivity contribution in [1.29, 1.82) is 0 Å². The summed E-state index contributed by atoms with van der Waals surface area (Å²) >= 11 is 1.77. The van der Waals surface area contributed by atoms with Crippen LogP contribution in [0.25, 0.3) is 0 Å². The van der Waals surface area contributed by atoms with Crippen molar-refractivity contribution >= 4 is 23.5 Å². The smallest absolute Gasteiger partial charge is 0.410 e. The fourth-order valence-corrected chi connectivity index (χ4v) is 4.40. The minimum absolute atomic E-state index is 0.193. The zero-order valence-corrected chi connectivity index (χ0v) is 19.1. The van der Waals surface area contributed by atoms with Crippen molar-refractivity contribution < 1.29 is 14.3 Å². The van der Waals surface area contributed by atoms with Gasteiger partial charge in [-0.3, -0.25) is 0 Å². The van der Waals surface area contributed by atoms with Gasteiger partial charge < -0.3 is 19.7 Å². The van der Waals surface area contributed by atoms with Crippen LogP contribution in [0.1, 0.15) is 39.2 Å². The molecule has 30 heavy (non-hydrogen) atoms. The Morgan fingerprint density at radius 3 is 2.67 bits per heavy atom. The van der Waals surface area contributed by atoms with Crippen LogP contribution < -0.4 is 10.1 Å². The maximum absolute atomic E-state index is 12.4. The van der Waals surface area contributed by atoms with Crippen molar-refractivity contribution in [2.75, 3.05) is 25.5 Å². The summed E-state index contributed by atoms with van der Waals surface area (Å²) in [5.74, 6) is 1.76. The third-order valence-electron chi connectivity index (χ3n) is 4.84. The molecule has 162 valence electrons. The van der Waals surface area contributed by atoms with E-state index < -0.39 is 5.60 Å². The molecule has 1 aliphatic heterocycles. The maximum atomic E-state index is 12.4. The first-order valence-electron chi connectivity index (χ1n) is 10.4. The lowest BCUT2D eigenvalue weighted by Gasteiger charge is -2.34. The monoisotopic (exact) mass is 428 g/mol. The normalized spacial score (nSPS) is 16.8. The van der Waals surface area contributed by atoms with Crippen molar-refractivity contribution in [1.82, 2.24) is 4.90 Å². The molecule has 1 atom stereocenters. The summed E-state index contributed by atoms with van der Waals surface area (Å²) in [6.45, 7) is 7.07. The Balaban J connectivity index is 1.60. The van der Waals surface area contributed by atoms with Crippen molar-refractivity contribution in [3.05, 3.63) is 54.1 Å². The Bertz CT molecular complexity index is 836. The summed E-state index contributed by atoms with van der Waals surface area (Å²) in [4.78, 5) is 15.3. The third-order valence-corrected chi connectivity index (χ3v) is 5.97. The van der Waals surface area contributed by atoms with Gasteiger partial charge in [0.15, 0.2) is 0 Å². The molecule has 3 rings (SSSR count). The number of benzene rings is 2. The second-order valence-corrected chi connectivity index (χ2v) is 9.57. The number of methoxy groups -OCH3 is 1. The van der Waals surface area contributed by atoms with Crippen LogP contribution in [0.4, 0.5) is 10.5 Å². The first-order valence-corrected chi connectivity index (χ1v) is 11.4. The summed E-state index contributed by atoms with van der Waals surface area (Å²) in [5.41, 5.74) is 1.82. The van der Waals surface area contributed by atoms with Crippen molar-refractivity contribution in [2.24, 2.45) is 0 Å². The van der Waals surface area contributed by atoms with E-state index in [1.165, 1.54) is 5.56 Å². The molecule has 0 bridgehead atoms. The molecular formula is C24H32N2O3S. The summed E-state index contributed by atoms with van der Waals surface area (Å²) in [7, 11) is 1.70. The van der Waals surface area contributed by atoms with E-state index in [2.05, 4.69) is 41.7 Å². The van der Waals surface area contributed by atoms with Gasteiger partial charge in [0.25, 0.3) is 0 Å². The Hall–Kier alpha value is -2.34. The minimum Gasteiger partial charge on any atom is -0.496 e. The van der Waals surface area contributed by atoms with E-state index in [0.717, 1.165) is 41.5 Å². The second kappa shape index (κ2) is 10.1. The lowest BCUT2D eigenvalue weighted by molar-refractivity contribution is 0.0206. The van der Waals surface area contributed by atoms with Gasteiger partial charge in [0, 0.05) is 41.5 Å². The molecule has 0 spiro atoms. The van der Waals surface area contributed by atoms with Crippen LogP contribution >= 0.6 is 11.8 Å². The first-order chi connectivity index (χ1) is 14.3. The van der Waals surface area contributed by atoms with E-state index in [9.17, 15) is 4.79 Å². The van der Waals surface area contributed by atoms with Crippen LogP contribution in [0.15, 0.2) is 53.4 Å². The lowest BCUT2D eigenvalue weighted by Crippen LogP contribution is -2.46. The first kappa shape index (κ1) is 22.3. The quantitative estimate of drug-likeness (QED) is 0.589. The molecule has 1 saturated heterocycles. The number of thioether (sulfide) groups is 1. The predicted molar refractivity (Wildman–Crippen MR) is 123 cm³/mol. The molecule has 0 radical (unpaired) electrons. The fraction of sp³-hybridized carbons (Fsp3) is 0.458. The van der Waals surface area contributed by atoms with E-state index in [1.807, 2.05) is 32.9 Å². The summed E-state index contributed by atoms with van der Waals surface area (Å²) in [6, 6.07) is 16.8. The van der Waals surface area contributed by atoms with E-state index in [1.54, 1.807) is 23.8 Å². The van der Waals surface area contributed by atoms with E-state index >= 15 is 0 Å². The highest BCUT2D eigenvalue weighted by molar-refractivity contribution is 7.98. The van der Waals surface area contributed by atoms with Gasteiger partial charge in [-0.05, 0) is 51.3 Å². The highest BCUT2D eigenvalue weighted by Gasteiger charge is 2.27. The minimum atomic E-state index is -0.474. The average Bonchev–Trinajstić information content (AvgIpc) is 2.72. The standard InChI is InChI=1S/C24H32N2O3S/c1-24(2,3)29-23(27)26-14-8-11-20(16-26)25-19-12-13-22(21(15-19)28-4)30-17-18-9-6-5-7-10-18/h5-7,9-10,12-13,15,20,25H,8,11,14,16-17H2,1-4H3/t20-/m1/s1. The molecular weight excluding hydrogens is 396 g/mol. The maximum Gasteiger partial charge on any atom is 0.410 e. The molecule has 1 heterocycles. The largest absolute Gasteiger partial charge is 0.496 e. The molecule has 1 fully saturated rings. The number of rotatable bonds is 6. The number of carbonyl (C=O) groups is 1. The van der Waals surface area contributed by atoms with E-state index in [4.69, 9.17) is 9.47 Å². The van der Waals surface area contributed by atoms with Gasteiger partial charge in [-0.2, -0.15) is 0 Å². The van der Waals surface area contributed by atoms with Crippen molar-refractivity contribution in [2.45, 2.75) is 55.9 Å². The summed E-state index contributed by atoms with van der Waals surface area (Å²) in [6.07, 6.45) is 1.74. The molecule has 1 aliphatic rings. The number of amides is 1. The number of hydrogen-bond acceptors (Lipinski definition) is 5. The molecule has 1 N–H and O–H groups in total. The number of nitrogens with one attached hydrogen (secondary N) is 1. The summed E-state index contributed by atoms with van der Waals surface area (Å²) < 4.78 is 11.2. The number of likely N-dealkylation sites (tertiary alicyclic amines) is 1. The third kappa shape index (κ3) is 6.59. The van der Waals surface area contributed by atoms with Gasteiger partial charge >= 0.3 is 6.09 Å². The Morgan fingerprint density at radius 2 is 1.97 bits per heavy atom. The highest BCUT2D eigenvalue weighted by atomic mass is 32.2. The van der Waals surface area contributed by atoms with E-state index in [0.29, 0.717) is 6.54 Å². The van der Waals surface area contributed by atoms with Crippen LogP contribution in [0, 0.1) is 0 Å². The molecule has 2 aromatic rings. The number of carbonyl (C=O) groups excluding carboxylic acids is 1. The zero-order valence-electron chi connectivity index (χ0n) is 18.3. The Morgan fingerprint density at radius 1 is 1.20 bits per heavy atom. The fourth-order valence-electron chi connectivity index (χ4n) is 3.43. The van der Waals surface area contributed by atoms with Gasteiger partial charge in [-0.1, -0.05) is 30.3 Å². The molecule has 1 amide bonds. The van der Waals surface area contributed by atoms with Gasteiger partial charge in [0.2, 0.25) is 0 Å². The Labute approximate surface area is 184 Å². The lowest BCUT2D eigenvalue weighted by atomic mass is 10.1. The van der Waals surface area contributed by atoms with Crippen molar-refractivity contribution in [3.8, 4) is 5.75 Å². The van der Waals surface area contributed by atoms with E-state index in [-0.39, 0.29) is 12.1 Å². The SMILES string of the molecule is COc1cc(N[C@@H]2CCCN(C(=O)OC(C)(C)C)C2)ccc1SCc1ccccc1. The average molecular weight is 429 g/mol. The highest BCUT2D eigenvalue weighted by Crippen LogP contribution is 2.34. The summed E-state index contributed by atoms with van der Waals surface area (Å²) in [5, 5.41) is 3.57. The molecule has 0 aromatic heterocycles. The molecule has 0 aliphatic carbocycles. The molecule has 5 nitrogen and oxygen atoms in total. The van der Waals surface area contributed by atoms with Crippen LogP contribution in [-0.4, -0.2) is 42.8 Å². The second-order valence-electron chi connectivity index (χ2n) is 8.55. The van der Waals surface area contributed by atoms with Gasteiger partial charge in [0.1, 0.15) is 11.4 Å². The van der Waals surface area contributed by atoms with Crippen LogP contribution in [0.5, 0.6) is 5.75 Å². The number of hydrogen-bond donors (Lipinski definition) is 1. The molecule has 2 aromatic carbocycles. The number of piperidine rings is 1. The molecule has 6 heteroatoms. The van der Waals surface area contributed by atoms with Crippen molar-refractivity contribution in [3.63, 3.8) is 0 Å². The Kier molecular flexibility index (Phi) is 7.53. The number of ether oxygens (including phenoxy) is 2.